The predicted octanol–water partition coefficient (Wildman–Crippen LogP) is 0.880. The van der Waals surface area contributed by atoms with Gasteiger partial charge in [0.2, 0.25) is 5.91 Å². The molecule has 1 aromatic rings. The molecule has 0 fully saturated rings. The molecule has 0 spiro atoms. The average Bonchev–Trinajstić information content (AvgIpc) is 2.29. The molecule has 1 N–H and O–H groups in total. The normalized spacial score (nSPS) is 9.76. The summed E-state index contributed by atoms with van der Waals surface area (Å²) < 4.78 is 0. The molecule has 7 heteroatoms. The number of nitrogens with one attached hydrogen (secondary N) is 1. The minimum Gasteiger partial charge on any atom is -0.370 e. The summed E-state index contributed by atoms with van der Waals surface area (Å²) >= 11 is 0. The van der Waals surface area contributed by atoms with Gasteiger partial charge in [0.25, 0.3) is 5.69 Å². The summed E-state index contributed by atoms with van der Waals surface area (Å²) in [5, 5.41) is 13.3. The highest BCUT2D eigenvalue weighted by molar-refractivity contribution is 5.76. The molecule has 0 saturated carbocycles. The maximum atomic E-state index is 11.3. The van der Waals surface area contributed by atoms with Crippen molar-refractivity contribution < 1.29 is 9.72 Å². The maximum Gasteiger partial charge on any atom is 0.287 e. The quantitative estimate of drug-likeness (QED) is 0.607. The molecule has 7 nitrogen and oxygen atoms in total. The van der Waals surface area contributed by atoms with E-state index in [0.29, 0.717) is 18.8 Å². The SMILES string of the molecule is CN(C)C(=O)CCNc1ccc([N+](=O)[O-])cn1. The Bertz CT molecular complexity index is 403. The van der Waals surface area contributed by atoms with Crippen molar-refractivity contribution in [3.8, 4) is 0 Å². The first kappa shape index (κ1) is 12.9. The van der Waals surface area contributed by atoms with Gasteiger partial charge in [0.15, 0.2) is 0 Å². The van der Waals surface area contributed by atoms with Crippen molar-refractivity contribution in [2.45, 2.75) is 6.42 Å². The summed E-state index contributed by atoms with van der Waals surface area (Å²) in [6.07, 6.45) is 1.53. The summed E-state index contributed by atoms with van der Waals surface area (Å²) in [5.41, 5.74) is -0.0556. The average molecular weight is 238 g/mol. The topological polar surface area (TPSA) is 88.4 Å². The van der Waals surface area contributed by atoms with Gasteiger partial charge in [-0.05, 0) is 6.07 Å². The van der Waals surface area contributed by atoms with Crippen LogP contribution in [0.5, 0.6) is 0 Å². The molecule has 0 bridgehead atoms. The summed E-state index contributed by atoms with van der Waals surface area (Å²) in [4.78, 5) is 26.5. The van der Waals surface area contributed by atoms with Crippen molar-refractivity contribution in [1.82, 2.24) is 9.88 Å². The molecule has 0 unspecified atom stereocenters. The second-order valence-electron chi connectivity index (χ2n) is 3.62. The van der Waals surface area contributed by atoms with E-state index in [0.717, 1.165) is 0 Å². The van der Waals surface area contributed by atoms with Gasteiger partial charge in [-0.15, -0.1) is 0 Å². The molecule has 0 saturated heterocycles. The Morgan fingerprint density at radius 2 is 2.24 bits per heavy atom. The van der Waals surface area contributed by atoms with Gasteiger partial charge in [0.1, 0.15) is 12.0 Å². The standard InChI is InChI=1S/C10H14N4O3/c1-13(2)10(15)5-6-11-9-4-3-8(7-12-9)14(16)17/h3-4,7H,5-6H2,1-2H3,(H,11,12). The molecule has 92 valence electrons. The first-order chi connectivity index (χ1) is 8.00. The van der Waals surface area contributed by atoms with E-state index in [1.54, 1.807) is 14.1 Å². The van der Waals surface area contributed by atoms with Crippen molar-refractivity contribution in [2.75, 3.05) is 26.0 Å². The molecule has 0 aliphatic heterocycles. The van der Waals surface area contributed by atoms with Crippen LogP contribution in [0, 0.1) is 10.1 Å². The van der Waals surface area contributed by atoms with Crippen LogP contribution in [0.3, 0.4) is 0 Å². The van der Waals surface area contributed by atoms with Crippen molar-refractivity contribution in [1.29, 1.82) is 0 Å². The van der Waals surface area contributed by atoms with E-state index in [1.165, 1.54) is 23.2 Å². The monoisotopic (exact) mass is 238 g/mol. The number of carbonyl (C=O) groups is 1. The lowest BCUT2D eigenvalue weighted by atomic mass is 10.3. The lowest BCUT2D eigenvalue weighted by Crippen LogP contribution is -2.24. The lowest BCUT2D eigenvalue weighted by Gasteiger charge is -2.10. The number of rotatable bonds is 5. The molecule has 0 aromatic carbocycles. The number of hydrogen-bond acceptors (Lipinski definition) is 5. The molecule has 0 aliphatic rings. The fraction of sp³-hybridized carbons (Fsp3) is 0.400. The van der Waals surface area contributed by atoms with Crippen molar-refractivity contribution >= 4 is 17.4 Å². The van der Waals surface area contributed by atoms with Gasteiger partial charge in [-0.3, -0.25) is 14.9 Å². The van der Waals surface area contributed by atoms with Crippen molar-refractivity contribution in [3.05, 3.63) is 28.4 Å². The molecule has 1 amide bonds. The van der Waals surface area contributed by atoms with E-state index in [-0.39, 0.29) is 11.6 Å². The van der Waals surface area contributed by atoms with E-state index in [4.69, 9.17) is 0 Å². The van der Waals surface area contributed by atoms with E-state index < -0.39 is 4.92 Å². The minimum atomic E-state index is -0.508. The summed E-state index contributed by atoms with van der Waals surface area (Å²) in [5.74, 6) is 0.529. The molecule has 1 rings (SSSR count). The van der Waals surface area contributed by atoms with Gasteiger partial charge in [-0.25, -0.2) is 4.98 Å². The van der Waals surface area contributed by atoms with E-state index in [9.17, 15) is 14.9 Å². The smallest absolute Gasteiger partial charge is 0.287 e. The molecule has 0 atom stereocenters. The Morgan fingerprint density at radius 3 is 2.71 bits per heavy atom. The first-order valence-corrected chi connectivity index (χ1v) is 5.05. The van der Waals surface area contributed by atoms with E-state index in [2.05, 4.69) is 10.3 Å². The largest absolute Gasteiger partial charge is 0.370 e. The van der Waals surface area contributed by atoms with Gasteiger partial charge in [-0.2, -0.15) is 0 Å². The number of aromatic nitrogens is 1. The second-order valence-corrected chi connectivity index (χ2v) is 3.62. The van der Waals surface area contributed by atoms with E-state index >= 15 is 0 Å². The van der Waals surface area contributed by atoms with Crippen LogP contribution in [0.1, 0.15) is 6.42 Å². The van der Waals surface area contributed by atoms with Crippen LogP contribution in [-0.2, 0) is 4.79 Å². The van der Waals surface area contributed by atoms with Crippen molar-refractivity contribution in [2.24, 2.45) is 0 Å². The number of anilines is 1. The number of carbonyl (C=O) groups excluding carboxylic acids is 1. The molecular formula is C10H14N4O3. The van der Waals surface area contributed by atoms with Crippen LogP contribution in [0.15, 0.2) is 18.3 Å². The van der Waals surface area contributed by atoms with Crippen LogP contribution >= 0.6 is 0 Å². The number of hydrogen-bond donors (Lipinski definition) is 1. The molecule has 17 heavy (non-hydrogen) atoms. The van der Waals surface area contributed by atoms with Gasteiger partial charge in [0.05, 0.1) is 4.92 Å². The highest BCUT2D eigenvalue weighted by atomic mass is 16.6. The van der Waals surface area contributed by atoms with Gasteiger partial charge in [-0.1, -0.05) is 0 Å². The first-order valence-electron chi connectivity index (χ1n) is 5.05. The third-order valence-electron chi connectivity index (χ3n) is 2.10. The number of pyridine rings is 1. The highest BCUT2D eigenvalue weighted by Gasteiger charge is 2.06. The Morgan fingerprint density at radius 1 is 1.53 bits per heavy atom. The Labute approximate surface area is 98.6 Å². The molecule has 0 aliphatic carbocycles. The third kappa shape index (κ3) is 4.06. The van der Waals surface area contributed by atoms with Gasteiger partial charge in [0, 0.05) is 33.1 Å². The molecule has 0 radical (unpaired) electrons. The highest BCUT2D eigenvalue weighted by Crippen LogP contribution is 2.11. The zero-order chi connectivity index (χ0) is 12.8. The predicted molar refractivity (Wildman–Crippen MR) is 62.7 cm³/mol. The molecule has 1 heterocycles. The molecule has 1 aromatic heterocycles. The van der Waals surface area contributed by atoms with Crippen LogP contribution in [-0.4, -0.2) is 41.4 Å². The summed E-state index contributed by atoms with van der Waals surface area (Å²) in [6.45, 7) is 0.446. The molecular weight excluding hydrogens is 224 g/mol. The third-order valence-corrected chi connectivity index (χ3v) is 2.10. The fourth-order valence-corrected chi connectivity index (χ4v) is 1.12. The summed E-state index contributed by atoms with van der Waals surface area (Å²) in [7, 11) is 3.37. The maximum absolute atomic E-state index is 11.3. The van der Waals surface area contributed by atoms with E-state index in [1.807, 2.05) is 0 Å². The zero-order valence-corrected chi connectivity index (χ0v) is 9.71. The number of amides is 1. The van der Waals surface area contributed by atoms with Crippen LogP contribution in [0.2, 0.25) is 0 Å². The number of nitrogens with zero attached hydrogens (tertiary/aromatic N) is 3. The van der Waals surface area contributed by atoms with Crippen molar-refractivity contribution in [3.63, 3.8) is 0 Å². The Balaban J connectivity index is 2.42. The zero-order valence-electron chi connectivity index (χ0n) is 9.71. The second kappa shape index (κ2) is 5.78. The lowest BCUT2D eigenvalue weighted by molar-refractivity contribution is -0.385. The van der Waals surface area contributed by atoms with Gasteiger partial charge < -0.3 is 10.2 Å². The van der Waals surface area contributed by atoms with Crippen LogP contribution in [0.25, 0.3) is 0 Å². The van der Waals surface area contributed by atoms with Crippen LogP contribution < -0.4 is 5.32 Å². The van der Waals surface area contributed by atoms with Crippen LogP contribution in [0.4, 0.5) is 11.5 Å². The Kier molecular flexibility index (Phi) is 4.38. The minimum absolute atomic E-state index is 0.0133. The number of nitro groups is 1. The van der Waals surface area contributed by atoms with Gasteiger partial charge >= 0.3 is 0 Å². The fourth-order valence-electron chi connectivity index (χ4n) is 1.12. The summed E-state index contributed by atoms with van der Waals surface area (Å²) in [6, 6.07) is 2.88. The Hall–Kier alpha value is -2.18.